The molecule has 0 N–H and O–H groups in total. The molecule has 0 aromatic carbocycles. The highest BCUT2D eigenvalue weighted by Gasteiger charge is 2.12. The fourth-order valence-electron chi connectivity index (χ4n) is 1.40. The molecule has 0 amide bonds. The van der Waals surface area contributed by atoms with Gasteiger partial charge >= 0.3 is 0 Å². The first-order valence-electron chi connectivity index (χ1n) is 4.60. The molecule has 0 atom stereocenters. The zero-order chi connectivity index (χ0) is 9.80. The zero-order valence-corrected chi connectivity index (χ0v) is 9.77. The second kappa shape index (κ2) is 4.89. The summed E-state index contributed by atoms with van der Waals surface area (Å²) in [5.41, 5.74) is 0. The second-order valence-electron chi connectivity index (χ2n) is 3.00. The second-order valence-corrected chi connectivity index (χ2v) is 5.00. The van der Waals surface area contributed by atoms with Gasteiger partial charge in [-0.15, -0.1) is 0 Å². The standard InChI is InChI=1S/C9H13N3S2/c1-13-9-10-3-2-8(11-9)12-4-6-14-7-5-12/h2-3H,4-7H2,1H3. The highest BCUT2D eigenvalue weighted by atomic mass is 32.2. The van der Waals surface area contributed by atoms with Crippen molar-refractivity contribution in [1.29, 1.82) is 0 Å². The first-order chi connectivity index (χ1) is 6.90. The molecular formula is C9H13N3S2. The number of hydrogen-bond acceptors (Lipinski definition) is 5. The van der Waals surface area contributed by atoms with Gasteiger partial charge in [0.1, 0.15) is 5.82 Å². The van der Waals surface area contributed by atoms with Crippen LogP contribution in [-0.4, -0.2) is 40.8 Å². The van der Waals surface area contributed by atoms with Gasteiger partial charge in [-0.25, -0.2) is 9.97 Å². The van der Waals surface area contributed by atoms with Crippen LogP contribution in [0.3, 0.4) is 0 Å². The van der Waals surface area contributed by atoms with Crippen LogP contribution in [0.15, 0.2) is 17.4 Å². The van der Waals surface area contributed by atoms with Crippen LogP contribution in [0.25, 0.3) is 0 Å². The highest BCUT2D eigenvalue weighted by Crippen LogP contribution is 2.18. The molecule has 1 aliphatic heterocycles. The molecule has 5 heteroatoms. The van der Waals surface area contributed by atoms with E-state index in [1.165, 1.54) is 11.5 Å². The van der Waals surface area contributed by atoms with Crippen LogP contribution in [0.4, 0.5) is 5.82 Å². The minimum absolute atomic E-state index is 0.862. The third-order valence-electron chi connectivity index (χ3n) is 2.14. The lowest BCUT2D eigenvalue weighted by Gasteiger charge is -2.27. The molecule has 0 aliphatic carbocycles. The first-order valence-corrected chi connectivity index (χ1v) is 6.98. The van der Waals surface area contributed by atoms with Gasteiger partial charge in [-0.3, -0.25) is 0 Å². The van der Waals surface area contributed by atoms with Crippen molar-refractivity contribution >= 4 is 29.3 Å². The summed E-state index contributed by atoms with van der Waals surface area (Å²) in [6, 6.07) is 2.00. The van der Waals surface area contributed by atoms with Gasteiger partial charge in [0.2, 0.25) is 0 Å². The molecule has 2 rings (SSSR count). The molecule has 0 unspecified atom stereocenters. The number of anilines is 1. The fourth-order valence-corrected chi connectivity index (χ4v) is 2.65. The summed E-state index contributed by atoms with van der Waals surface area (Å²) in [6.07, 6.45) is 3.85. The number of nitrogens with zero attached hydrogens (tertiary/aromatic N) is 3. The minimum Gasteiger partial charge on any atom is -0.355 e. The summed E-state index contributed by atoms with van der Waals surface area (Å²) in [7, 11) is 0. The van der Waals surface area contributed by atoms with Crippen molar-refractivity contribution in [3.63, 3.8) is 0 Å². The van der Waals surface area contributed by atoms with E-state index in [1.807, 2.05) is 30.3 Å². The van der Waals surface area contributed by atoms with E-state index in [4.69, 9.17) is 0 Å². The average Bonchev–Trinajstić information content (AvgIpc) is 2.30. The van der Waals surface area contributed by atoms with E-state index in [1.54, 1.807) is 11.8 Å². The van der Waals surface area contributed by atoms with E-state index in [9.17, 15) is 0 Å². The molecule has 3 nitrogen and oxygen atoms in total. The van der Waals surface area contributed by atoms with Gasteiger partial charge < -0.3 is 4.90 Å². The van der Waals surface area contributed by atoms with Crippen molar-refractivity contribution in [2.24, 2.45) is 0 Å². The molecule has 14 heavy (non-hydrogen) atoms. The number of thioether (sulfide) groups is 2. The van der Waals surface area contributed by atoms with E-state index in [-0.39, 0.29) is 0 Å². The van der Waals surface area contributed by atoms with Crippen LogP contribution < -0.4 is 4.90 Å². The van der Waals surface area contributed by atoms with Gasteiger partial charge in [-0.2, -0.15) is 11.8 Å². The Bertz CT molecular complexity index is 300. The number of hydrogen-bond donors (Lipinski definition) is 0. The highest BCUT2D eigenvalue weighted by molar-refractivity contribution is 7.99. The van der Waals surface area contributed by atoms with E-state index < -0.39 is 0 Å². The van der Waals surface area contributed by atoms with Gasteiger partial charge in [0.15, 0.2) is 5.16 Å². The van der Waals surface area contributed by atoms with Crippen LogP contribution in [-0.2, 0) is 0 Å². The molecule has 0 saturated carbocycles. The quantitative estimate of drug-likeness (QED) is 0.567. The summed E-state index contributed by atoms with van der Waals surface area (Å²) in [6.45, 7) is 2.21. The third kappa shape index (κ3) is 2.33. The normalized spacial score (nSPS) is 17.1. The summed E-state index contributed by atoms with van der Waals surface area (Å²) < 4.78 is 0. The molecule has 0 radical (unpaired) electrons. The Hall–Kier alpha value is -0.420. The predicted octanol–water partition coefficient (Wildman–Crippen LogP) is 1.75. The lowest BCUT2D eigenvalue weighted by Crippen LogP contribution is -2.33. The minimum atomic E-state index is 0.862. The Labute approximate surface area is 92.7 Å². The van der Waals surface area contributed by atoms with Gasteiger partial charge in [0, 0.05) is 30.8 Å². The summed E-state index contributed by atoms with van der Waals surface area (Å²) in [5.74, 6) is 3.49. The lowest BCUT2D eigenvalue weighted by atomic mass is 10.4. The molecule has 76 valence electrons. The smallest absolute Gasteiger partial charge is 0.189 e. The molecule has 1 aromatic rings. The van der Waals surface area contributed by atoms with Gasteiger partial charge in [-0.05, 0) is 12.3 Å². The lowest BCUT2D eigenvalue weighted by molar-refractivity contribution is 0.814. The van der Waals surface area contributed by atoms with Gasteiger partial charge in [-0.1, -0.05) is 11.8 Å². The van der Waals surface area contributed by atoms with Gasteiger partial charge in [0.05, 0.1) is 0 Å². The topological polar surface area (TPSA) is 29.0 Å². The summed E-state index contributed by atoms with van der Waals surface area (Å²) in [4.78, 5) is 11.0. The molecule has 2 heterocycles. The fraction of sp³-hybridized carbons (Fsp3) is 0.556. The molecule has 1 aromatic heterocycles. The zero-order valence-electron chi connectivity index (χ0n) is 8.14. The maximum Gasteiger partial charge on any atom is 0.189 e. The van der Waals surface area contributed by atoms with Crippen molar-refractivity contribution < 1.29 is 0 Å². The molecular weight excluding hydrogens is 214 g/mol. The Morgan fingerprint density at radius 3 is 2.93 bits per heavy atom. The van der Waals surface area contributed by atoms with E-state index in [0.29, 0.717) is 0 Å². The Morgan fingerprint density at radius 1 is 1.43 bits per heavy atom. The Morgan fingerprint density at radius 2 is 2.21 bits per heavy atom. The monoisotopic (exact) mass is 227 g/mol. The molecule has 0 spiro atoms. The Balaban J connectivity index is 2.13. The van der Waals surface area contributed by atoms with Crippen LogP contribution in [0, 0.1) is 0 Å². The van der Waals surface area contributed by atoms with Crippen molar-refractivity contribution in [2.45, 2.75) is 5.16 Å². The predicted molar refractivity (Wildman–Crippen MR) is 63.4 cm³/mol. The number of rotatable bonds is 2. The van der Waals surface area contributed by atoms with E-state index >= 15 is 0 Å². The third-order valence-corrected chi connectivity index (χ3v) is 3.64. The Kier molecular flexibility index (Phi) is 3.53. The summed E-state index contributed by atoms with van der Waals surface area (Å²) >= 11 is 3.61. The largest absolute Gasteiger partial charge is 0.355 e. The van der Waals surface area contributed by atoms with Crippen molar-refractivity contribution in [2.75, 3.05) is 35.8 Å². The van der Waals surface area contributed by atoms with Gasteiger partial charge in [0.25, 0.3) is 0 Å². The SMILES string of the molecule is CSc1nccc(N2CCSCC2)n1. The van der Waals surface area contributed by atoms with E-state index in [0.717, 1.165) is 24.1 Å². The van der Waals surface area contributed by atoms with Crippen LogP contribution in [0.1, 0.15) is 0 Å². The molecule has 1 fully saturated rings. The van der Waals surface area contributed by atoms with Crippen molar-refractivity contribution in [3.8, 4) is 0 Å². The van der Waals surface area contributed by atoms with Crippen LogP contribution in [0.5, 0.6) is 0 Å². The average molecular weight is 227 g/mol. The molecule has 0 bridgehead atoms. The maximum atomic E-state index is 4.48. The molecule has 1 aliphatic rings. The number of aromatic nitrogens is 2. The maximum absolute atomic E-state index is 4.48. The first kappa shape index (κ1) is 10.1. The molecule has 1 saturated heterocycles. The van der Waals surface area contributed by atoms with Crippen LogP contribution >= 0.6 is 23.5 Å². The summed E-state index contributed by atoms with van der Waals surface area (Å²) in [5, 5.41) is 0.862. The van der Waals surface area contributed by atoms with Crippen LogP contribution in [0.2, 0.25) is 0 Å². The van der Waals surface area contributed by atoms with E-state index in [2.05, 4.69) is 14.9 Å². The van der Waals surface area contributed by atoms with Crippen molar-refractivity contribution in [1.82, 2.24) is 9.97 Å². The van der Waals surface area contributed by atoms with Crippen molar-refractivity contribution in [3.05, 3.63) is 12.3 Å².